The van der Waals surface area contributed by atoms with Gasteiger partial charge in [-0.15, -0.1) is 0 Å². The van der Waals surface area contributed by atoms with Crippen LogP contribution < -0.4 is 10.2 Å². The first-order valence-corrected chi connectivity index (χ1v) is 8.72. The Kier molecular flexibility index (Phi) is 6.24. The Bertz CT molecular complexity index is 720. The summed E-state index contributed by atoms with van der Waals surface area (Å²) in [6.07, 6.45) is 0.875. The average Bonchev–Trinajstić information content (AvgIpc) is 2.59. The molecule has 1 aromatic rings. The molecule has 148 valence electrons. The van der Waals surface area contributed by atoms with E-state index in [1.165, 1.54) is 19.2 Å². The number of nitro benzene ring substituents is 1. The first-order valence-electron chi connectivity index (χ1n) is 8.72. The van der Waals surface area contributed by atoms with Gasteiger partial charge >= 0.3 is 12.1 Å². The fourth-order valence-corrected chi connectivity index (χ4v) is 2.93. The van der Waals surface area contributed by atoms with Crippen LogP contribution in [0.3, 0.4) is 0 Å². The summed E-state index contributed by atoms with van der Waals surface area (Å²) in [6, 6.07) is 4.13. The highest BCUT2D eigenvalue weighted by Crippen LogP contribution is 2.28. The molecule has 1 aliphatic heterocycles. The van der Waals surface area contributed by atoms with Crippen molar-refractivity contribution < 1.29 is 24.0 Å². The maximum Gasteiger partial charge on any atom is 0.407 e. The minimum absolute atomic E-state index is 0.0317. The van der Waals surface area contributed by atoms with Crippen molar-refractivity contribution in [3.05, 3.63) is 33.9 Å². The van der Waals surface area contributed by atoms with Crippen molar-refractivity contribution in [1.29, 1.82) is 0 Å². The molecule has 0 atom stereocenters. The predicted molar refractivity (Wildman–Crippen MR) is 99.0 cm³/mol. The number of non-ortho nitro benzene ring substituents is 1. The Morgan fingerprint density at radius 3 is 2.41 bits per heavy atom. The molecule has 0 radical (unpaired) electrons. The van der Waals surface area contributed by atoms with Crippen molar-refractivity contribution in [2.45, 2.75) is 45.3 Å². The molecule has 0 saturated carbocycles. The summed E-state index contributed by atoms with van der Waals surface area (Å²) in [4.78, 5) is 36.3. The Morgan fingerprint density at radius 2 is 1.89 bits per heavy atom. The molecular formula is C18H25N3O6. The van der Waals surface area contributed by atoms with Gasteiger partial charge in [-0.1, -0.05) is 0 Å². The van der Waals surface area contributed by atoms with E-state index in [0.29, 0.717) is 31.6 Å². The zero-order chi connectivity index (χ0) is 20.2. The number of esters is 1. The second-order valence-electron chi connectivity index (χ2n) is 7.36. The fourth-order valence-electron chi connectivity index (χ4n) is 2.93. The molecule has 1 aliphatic rings. The minimum atomic E-state index is -0.622. The molecule has 0 spiro atoms. The molecule has 27 heavy (non-hydrogen) atoms. The Labute approximate surface area is 157 Å². The van der Waals surface area contributed by atoms with Gasteiger partial charge in [0.05, 0.1) is 23.3 Å². The third-order valence-electron chi connectivity index (χ3n) is 4.15. The van der Waals surface area contributed by atoms with E-state index >= 15 is 0 Å². The summed E-state index contributed by atoms with van der Waals surface area (Å²) in [7, 11) is 1.24. The van der Waals surface area contributed by atoms with Crippen molar-refractivity contribution in [3.63, 3.8) is 0 Å². The maximum absolute atomic E-state index is 12.0. The molecule has 1 fully saturated rings. The number of hydrogen-bond acceptors (Lipinski definition) is 7. The molecule has 1 amide bonds. The lowest BCUT2D eigenvalue weighted by molar-refractivity contribution is -0.384. The Balaban J connectivity index is 2.06. The number of nitrogens with one attached hydrogen (secondary N) is 1. The van der Waals surface area contributed by atoms with Crippen molar-refractivity contribution in [2.24, 2.45) is 0 Å². The van der Waals surface area contributed by atoms with Gasteiger partial charge in [0.1, 0.15) is 5.60 Å². The maximum atomic E-state index is 12.0. The van der Waals surface area contributed by atoms with Crippen LogP contribution in [0.2, 0.25) is 0 Å². The third kappa shape index (κ3) is 5.57. The number of piperidine rings is 1. The van der Waals surface area contributed by atoms with Crippen molar-refractivity contribution >= 4 is 23.4 Å². The molecule has 2 rings (SSSR count). The molecule has 1 N–H and O–H groups in total. The number of ether oxygens (including phenoxy) is 2. The van der Waals surface area contributed by atoms with E-state index in [0.717, 1.165) is 0 Å². The zero-order valence-electron chi connectivity index (χ0n) is 16.0. The number of carbonyl (C=O) groups is 2. The summed E-state index contributed by atoms with van der Waals surface area (Å²) in [5.41, 5.74) is 0.0212. The molecule has 0 bridgehead atoms. The van der Waals surface area contributed by atoms with Crippen LogP contribution in [-0.4, -0.2) is 48.8 Å². The van der Waals surface area contributed by atoms with Crippen LogP contribution >= 0.6 is 0 Å². The number of rotatable bonds is 4. The van der Waals surface area contributed by atoms with Gasteiger partial charge in [0.2, 0.25) is 0 Å². The predicted octanol–water partition coefficient (Wildman–Crippen LogP) is 2.87. The molecule has 0 aliphatic carbocycles. The second kappa shape index (κ2) is 8.24. The van der Waals surface area contributed by atoms with E-state index in [9.17, 15) is 19.7 Å². The highest BCUT2D eigenvalue weighted by atomic mass is 16.6. The number of carbonyl (C=O) groups excluding carboxylic acids is 2. The summed E-state index contributed by atoms with van der Waals surface area (Å²) >= 11 is 0. The quantitative estimate of drug-likeness (QED) is 0.486. The summed E-state index contributed by atoms with van der Waals surface area (Å²) in [5, 5.41) is 13.8. The van der Waals surface area contributed by atoms with Gasteiger partial charge < -0.3 is 19.7 Å². The first-order chi connectivity index (χ1) is 12.6. The van der Waals surface area contributed by atoms with Crippen LogP contribution in [0, 0.1) is 10.1 Å². The largest absolute Gasteiger partial charge is 0.465 e. The van der Waals surface area contributed by atoms with Gasteiger partial charge in [0.25, 0.3) is 5.69 Å². The standard InChI is InChI=1S/C18H25N3O6/c1-18(2,3)27-17(23)19-12-7-9-20(10-8-12)15-6-5-13(21(24)25)11-14(15)16(22)26-4/h5-6,11-12H,7-10H2,1-4H3,(H,19,23). The van der Waals surface area contributed by atoms with Crippen LogP contribution in [0.4, 0.5) is 16.2 Å². The van der Waals surface area contributed by atoms with Gasteiger partial charge in [-0.25, -0.2) is 9.59 Å². The number of methoxy groups -OCH3 is 1. The second-order valence-corrected chi connectivity index (χ2v) is 7.36. The zero-order valence-corrected chi connectivity index (χ0v) is 16.0. The highest BCUT2D eigenvalue weighted by molar-refractivity contribution is 5.96. The molecule has 0 unspecified atom stereocenters. The van der Waals surface area contributed by atoms with E-state index in [4.69, 9.17) is 9.47 Å². The van der Waals surface area contributed by atoms with E-state index in [1.54, 1.807) is 26.8 Å². The van der Waals surface area contributed by atoms with Gasteiger partial charge in [-0.05, 0) is 39.7 Å². The normalized spacial score (nSPS) is 15.2. The molecule has 9 nitrogen and oxygen atoms in total. The topological polar surface area (TPSA) is 111 Å². The number of benzene rings is 1. The number of amides is 1. The average molecular weight is 379 g/mol. The van der Waals surface area contributed by atoms with Gasteiger partial charge in [0, 0.05) is 31.3 Å². The molecule has 1 heterocycles. The smallest absolute Gasteiger partial charge is 0.407 e. The molecule has 1 aromatic carbocycles. The summed E-state index contributed by atoms with van der Waals surface area (Å²) < 4.78 is 10.0. The SMILES string of the molecule is COC(=O)c1cc([N+](=O)[O-])ccc1N1CCC(NC(=O)OC(C)(C)C)CC1. The third-order valence-corrected chi connectivity index (χ3v) is 4.15. The van der Waals surface area contributed by atoms with Crippen LogP contribution in [-0.2, 0) is 9.47 Å². The van der Waals surface area contributed by atoms with E-state index < -0.39 is 22.6 Å². The Hall–Kier alpha value is -2.84. The Morgan fingerprint density at radius 1 is 1.26 bits per heavy atom. The molecule has 9 heteroatoms. The lowest BCUT2D eigenvalue weighted by Gasteiger charge is -2.35. The molecule has 1 saturated heterocycles. The number of nitrogens with zero attached hydrogens (tertiary/aromatic N) is 2. The molecule has 0 aromatic heterocycles. The van der Waals surface area contributed by atoms with E-state index in [-0.39, 0.29) is 17.3 Å². The lowest BCUT2D eigenvalue weighted by Crippen LogP contribution is -2.46. The van der Waals surface area contributed by atoms with Crippen molar-refractivity contribution in [1.82, 2.24) is 5.32 Å². The van der Waals surface area contributed by atoms with Crippen molar-refractivity contribution in [3.8, 4) is 0 Å². The fraction of sp³-hybridized carbons (Fsp3) is 0.556. The van der Waals surface area contributed by atoms with Gasteiger partial charge in [-0.2, -0.15) is 0 Å². The molecular weight excluding hydrogens is 354 g/mol. The van der Waals surface area contributed by atoms with Crippen LogP contribution in [0.25, 0.3) is 0 Å². The number of hydrogen-bond donors (Lipinski definition) is 1. The highest BCUT2D eigenvalue weighted by Gasteiger charge is 2.27. The lowest BCUT2D eigenvalue weighted by atomic mass is 10.0. The van der Waals surface area contributed by atoms with Crippen LogP contribution in [0.5, 0.6) is 0 Å². The number of nitro groups is 1. The number of alkyl carbamates (subject to hydrolysis) is 1. The summed E-state index contributed by atoms with van der Waals surface area (Å²) in [5.74, 6) is -0.622. The van der Waals surface area contributed by atoms with Crippen LogP contribution in [0.1, 0.15) is 44.0 Å². The monoisotopic (exact) mass is 379 g/mol. The number of anilines is 1. The van der Waals surface area contributed by atoms with Gasteiger partial charge in [-0.3, -0.25) is 10.1 Å². The van der Waals surface area contributed by atoms with E-state index in [1.807, 2.05) is 4.90 Å². The minimum Gasteiger partial charge on any atom is -0.465 e. The van der Waals surface area contributed by atoms with Crippen molar-refractivity contribution in [2.75, 3.05) is 25.1 Å². The van der Waals surface area contributed by atoms with Crippen LogP contribution in [0.15, 0.2) is 18.2 Å². The summed E-state index contributed by atoms with van der Waals surface area (Å²) in [6.45, 7) is 6.58. The van der Waals surface area contributed by atoms with E-state index in [2.05, 4.69) is 5.32 Å². The van der Waals surface area contributed by atoms with Gasteiger partial charge in [0.15, 0.2) is 0 Å². The first kappa shape index (κ1) is 20.5.